The third-order valence-corrected chi connectivity index (χ3v) is 3.84. The van der Waals surface area contributed by atoms with Crippen LogP contribution in [0, 0.1) is 10.1 Å². The Labute approximate surface area is 116 Å². The van der Waals surface area contributed by atoms with E-state index in [1.807, 2.05) is 12.1 Å². The number of nitro groups is 1. The lowest BCUT2D eigenvalue weighted by molar-refractivity contribution is -0.496. The summed E-state index contributed by atoms with van der Waals surface area (Å²) in [5.74, 6) is -0.514. The molecule has 0 saturated carbocycles. The summed E-state index contributed by atoms with van der Waals surface area (Å²) in [6, 6.07) is 7.19. The lowest BCUT2D eigenvalue weighted by Gasteiger charge is -2.16. The molecule has 0 amide bonds. The molecule has 6 heteroatoms. The standard InChI is InChI=1S/C11H11Br2NO3/c1-7(15)6-10(11(13)14(16)17)8-2-4-9(12)5-3-8/h2-5,10-11H,6H2,1H3/t10-,11?/m0/s1. The van der Waals surface area contributed by atoms with Gasteiger partial charge < -0.3 is 4.79 Å². The van der Waals surface area contributed by atoms with Crippen molar-refractivity contribution in [1.29, 1.82) is 0 Å². The summed E-state index contributed by atoms with van der Waals surface area (Å²) in [7, 11) is 0. The minimum atomic E-state index is -0.951. The van der Waals surface area contributed by atoms with E-state index < -0.39 is 15.8 Å². The molecule has 1 unspecified atom stereocenters. The van der Waals surface area contributed by atoms with E-state index in [-0.39, 0.29) is 12.2 Å². The van der Waals surface area contributed by atoms with E-state index in [2.05, 4.69) is 31.9 Å². The highest BCUT2D eigenvalue weighted by atomic mass is 79.9. The van der Waals surface area contributed by atoms with Gasteiger partial charge in [0.05, 0.1) is 5.92 Å². The first-order valence-electron chi connectivity index (χ1n) is 4.94. The van der Waals surface area contributed by atoms with Gasteiger partial charge in [0.2, 0.25) is 0 Å². The van der Waals surface area contributed by atoms with Crippen molar-refractivity contribution in [2.75, 3.05) is 0 Å². The molecule has 17 heavy (non-hydrogen) atoms. The van der Waals surface area contributed by atoms with Crippen LogP contribution in [-0.2, 0) is 4.79 Å². The Morgan fingerprint density at radius 3 is 2.35 bits per heavy atom. The van der Waals surface area contributed by atoms with Gasteiger partial charge >= 0.3 is 0 Å². The maximum absolute atomic E-state index is 11.2. The van der Waals surface area contributed by atoms with Crippen LogP contribution < -0.4 is 0 Å². The largest absolute Gasteiger partial charge is 0.300 e. The van der Waals surface area contributed by atoms with Crippen molar-refractivity contribution < 1.29 is 9.72 Å². The predicted molar refractivity (Wildman–Crippen MR) is 71.9 cm³/mol. The molecule has 0 aromatic heterocycles. The molecule has 0 saturated heterocycles. The Morgan fingerprint density at radius 2 is 1.94 bits per heavy atom. The Kier molecular flexibility index (Phi) is 5.27. The second-order valence-electron chi connectivity index (χ2n) is 3.72. The fraction of sp³-hybridized carbons (Fsp3) is 0.364. The first-order valence-corrected chi connectivity index (χ1v) is 6.65. The van der Waals surface area contributed by atoms with E-state index >= 15 is 0 Å². The van der Waals surface area contributed by atoms with Crippen molar-refractivity contribution in [1.82, 2.24) is 0 Å². The highest BCUT2D eigenvalue weighted by Crippen LogP contribution is 2.30. The maximum atomic E-state index is 11.2. The quantitative estimate of drug-likeness (QED) is 0.347. The summed E-state index contributed by atoms with van der Waals surface area (Å²) in [5, 5.41) is 10.8. The smallest absolute Gasteiger partial charge is 0.272 e. The fourth-order valence-corrected chi connectivity index (χ4v) is 2.30. The van der Waals surface area contributed by atoms with Crippen molar-refractivity contribution in [2.45, 2.75) is 24.2 Å². The summed E-state index contributed by atoms with van der Waals surface area (Å²) in [6.07, 6.45) is 0.151. The Bertz CT molecular complexity index is 419. The van der Waals surface area contributed by atoms with Crippen molar-refractivity contribution in [3.63, 3.8) is 0 Å². The number of hydrogen-bond donors (Lipinski definition) is 0. The van der Waals surface area contributed by atoms with Crippen LogP contribution in [-0.4, -0.2) is 15.7 Å². The number of benzene rings is 1. The summed E-state index contributed by atoms with van der Waals surface area (Å²) < 4.78 is 0.898. The zero-order valence-electron chi connectivity index (χ0n) is 9.10. The lowest BCUT2D eigenvalue weighted by Crippen LogP contribution is -2.23. The average Bonchev–Trinajstić information content (AvgIpc) is 2.26. The minimum absolute atomic E-state index is 0.0655. The van der Waals surface area contributed by atoms with Gasteiger partial charge in [-0.3, -0.25) is 10.1 Å². The summed E-state index contributed by atoms with van der Waals surface area (Å²) in [5.41, 5.74) is 0.780. The molecular formula is C11H11Br2NO3. The van der Waals surface area contributed by atoms with Crippen LogP contribution in [0.15, 0.2) is 28.7 Å². The molecule has 0 radical (unpaired) electrons. The van der Waals surface area contributed by atoms with Crippen molar-refractivity contribution >= 4 is 37.6 Å². The van der Waals surface area contributed by atoms with Gasteiger partial charge in [0.1, 0.15) is 5.78 Å². The van der Waals surface area contributed by atoms with E-state index in [9.17, 15) is 14.9 Å². The lowest BCUT2D eigenvalue weighted by atomic mass is 9.94. The molecule has 0 aliphatic heterocycles. The van der Waals surface area contributed by atoms with Crippen LogP contribution in [0.25, 0.3) is 0 Å². The first-order chi connectivity index (χ1) is 7.91. The van der Waals surface area contributed by atoms with E-state index in [0.29, 0.717) is 0 Å². The van der Waals surface area contributed by atoms with Gasteiger partial charge in [0.25, 0.3) is 4.95 Å². The molecule has 1 rings (SSSR count). The third-order valence-electron chi connectivity index (χ3n) is 2.34. The van der Waals surface area contributed by atoms with Gasteiger partial charge in [-0.2, -0.15) is 0 Å². The molecule has 1 aromatic carbocycles. The molecule has 0 aliphatic rings. The first kappa shape index (κ1) is 14.3. The van der Waals surface area contributed by atoms with Gasteiger partial charge in [-0.1, -0.05) is 28.1 Å². The molecule has 0 bridgehead atoms. The molecular weight excluding hydrogens is 354 g/mol. The molecule has 2 atom stereocenters. The number of ketones is 1. The van der Waals surface area contributed by atoms with Crippen LogP contribution in [0.1, 0.15) is 24.8 Å². The molecule has 4 nitrogen and oxygen atoms in total. The van der Waals surface area contributed by atoms with E-state index in [1.165, 1.54) is 6.92 Å². The maximum Gasteiger partial charge on any atom is 0.272 e. The molecule has 0 aliphatic carbocycles. The number of carbonyl (C=O) groups excluding carboxylic acids is 1. The van der Waals surface area contributed by atoms with Gasteiger partial charge in [-0.15, -0.1) is 0 Å². The Balaban J connectivity index is 3.01. The van der Waals surface area contributed by atoms with Crippen LogP contribution in [0.2, 0.25) is 0 Å². The number of rotatable bonds is 5. The zero-order chi connectivity index (χ0) is 13.0. The summed E-state index contributed by atoms with van der Waals surface area (Å²) >= 11 is 6.33. The second kappa shape index (κ2) is 6.26. The van der Waals surface area contributed by atoms with E-state index in [0.717, 1.165) is 10.0 Å². The van der Waals surface area contributed by atoms with Crippen molar-refractivity contribution in [3.05, 3.63) is 44.4 Å². The van der Waals surface area contributed by atoms with Crippen LogP contribution in [0.5, 0.6) is 0 Å². The number of alkyl halides is 1. The SMILES string of the molecule is CC(=O)C[C@@H](c1ccc(Br)cc1)C(Br)[N+](=O)[O-]. The van der Waals surface area contributed by atoms with Crippen LogP contribution in [0.3, 0.4) is 0 Å². The fourth-order valence-electron chi connectivity index (χ4n) is 1.54. The van der Waals surface area contributed by atoms with E-state index in [4.69, 9.17) is 0 Å². The van der Waals surface area contributed by atoms with Gasteiger partial charge in [-0.25, -0.2) is 0 Å². The number of hydrogen-bond acceptors (Lipinski definition) is 3. The normalized spacial score (nSPS) is 14.1. The van der Waals surface area contributed by atoms with Gasteiger partial charge in [0, 0.05) is 15.8 Å². The number of nitrogens with zero attached hydrogens (tertiary/aromatic N) is 1. The topological polar surface area (TPSA) is 60.2 Å². The van der Waals surface area contributed by atoms with Crippen molar-refractivity contribution in [2.24, 2.45) is 0 Å². The number of halogens is 2. The van der Waals surface area contributed by atoms with Gasteiger partial charge in [-0.05, 0) is 40.5 Å². The molecule has 1 aromatic rings. The average molecular weight is 365 g/mol. The van der Waals surface area contributed by atoms with Gasteiger partial charge in [0.15, 0.2) is 0 Å². The molecule has 0 N–H and O–H groups in total. The molecule has 0 spiro atoms. The molecule has 0 heterocycles. The van der Waals surface area contributed by atoms with Crippen molar-refractivity contribution in [3.8, 4) is 0 Å². The monoisotopic (exact) mass is 363 g/mol. The molecule has 0 fully saturated rings. The highest BCUT2D eigenvalue weighted by Gasteiger charge is 2.30. The third kappa shape index (κ3) is 4.20. The van der Waals surface area contributed by atoms with Crippen LogP contribution >= 0.6 is 31.9 Å². The molecule has 92 valence electrons. The van der Waals surface area contributed by atoms with Crippen LogP contribution in [0.4, 0.5) is 0 Å². The minimum Gasteiger partial charge on any atom is -0.300 e. The summed E-state index contributed by atoms with van der Waals surface area (Å²) in [6.45, 7) is 1.44. The Morgan fingerprint density at radius 1 is 1.41 bits per heavy atom. The number of carbonyl (C=O) groups is 1. The predicted octanol–water partition coefficient (Wildman–Crippen LogP) is 3.51. The number of Topliss-reactive ketones (excluding diaryl/α,β-unsaturated/α-hetero) is 1. The van der Waals surface area contributed by atoms with E-state index in [1.54, 1.807) is 12.1 Å². The highest BCUT2D eigenvalue weighted by molar-refractivity contribution is 9.10. The Hall–Kier alpha value is -0.750. The second-order valence-corrected chi connectivity index (χ2v) is 5.58. The zero-order valence-corrected chi connectivity index (χ0v) is 12.3. The summed E-state index contributed by atoms with van der Waals surface area (Å²) in [4.78, 5) is 20.6.